The molecule has 0 unspecified atom stereocenters. The van der Waals surface area contributed by atoms with Gasteiger partial charge in [-0.2, -0.15) is 0 Å². The van der Waals surface area contributed by atoms with Gasteiger partial charge in [0.05, 0.1) is 23.8 Å². The van der Waals surface area contributed by atoms with Crippen LogP contribution in [0.4, 0.5) is 0 Å². The first-order valence-corrected chi connectivity index (χ1v) is 7.50. The third-order valence-electron chi connectivity index (χ3n) is 3.58. The quantitative estimate of drug-likeness (QED) is 0.577. The third kappa shape index (κ3) is 2.87. The van der Waals surface area contributed by atoms with Crippen LogP contribution in [0, 0.1) is 0 Å². The molecule has 0 saturated carbocycles. The molecule has 4 aromatic rings. The Kier molecular flexibility index (Phi) is 3.73. The van der Waals surface area contributed by atoms with E-state index in [1.807, 2.05) is 30.3 Å². The van der Waals surface area contributed by atoms with Gasteiger partial charge in [-0.05, 0) is 23.3 Å². The molecule has 0 spiro atoms. The molecule has 5 heteroatoms. The molecule has 114 valence electrons. The van der Waals surface area contributed by atoms with Gasteiger partial charge in [0.15, 0.2) is 0 Å². The van der Waals surface area contributed by atoms with Crippen LogP contribution in [0.5, 0.6) is 0 Å². The first-order chi connectivity index (χ1) is 11.9. The van der Waals surface area contributed by atoms with Crippen molar-refractivity contribution in [3.63, 3.8) is 0 Å². The molecule has 24 heavy (non-hydrogen) atoms. The van der Waals surface area contributed by atoms with Crippen molar-refractivity contribution < 1.29 is 0 Å². The van der Waals surface area contributed by atoms with Crippen LogP contribution >= 0.6 is 0 Å². The fourth-order valence-electron chi connectivity index (χ4n) is 2.45. The smallest absolute Gasteiger partial charge is 0.107 e. The average Bonchev–Trinajstić information content (AvgIpc) is 2.70. The topological polar surface area (TPSA) is 64.5 Å². The Labute approximate surface area is 139 Å². The van der Waals surface area contributed by atoms with E-state index in [1.165, 1.54) is 0 Å². The van der Waals surface area contributed by atoms with E-state index in [9.17, 15) is 0 Å². The fourth-order valence-corrected chi connectivity index (χ4v) is 2.45. The molecule has 0 aliphatic carbocycles. The van der Waals surface area contributed by atoms with E-state index in [4.69, 9.17) is 4.98 Å². The van der Waals surface area contributed by atoms with Gasteiger partial charge in [-0.3, -0.25) is 19.9 Å². The van der Waals surface area contributed by atoms with Gasteiger partial charge in [-0.25, -0.2) is 4.98 Å². The second-order valence-electron chi connectivity index (χ2n) is 5.17. The van der Waals surface area contributed by atoms with Crippen molar-refractivity contribution in [1.82, 2.24) is 24.9 Å². The molecule has 3 aromatic heterocycles. The van der Waals surface area contributed by atoms with Crippen LogP contribution in [0.1, 0.15) is 0 Å². The maximum absolute atomic E-state index is 4.69. The molecule has 0 atom stereocenters. The number of benzene rings is 1. The van der Waals surface area contributed by atoms with Gasteiger partial charge in [0.25, 0.3) is 0 Å². The minimum atomic E-state index is 0.723. The molecule has 0 aliphatic heterocycles. The SMILES string of the molecule is c1ccc(-c2cc(-c3cnccn3)nc(-c3cnccn3)c2)cc1. The number of nitrogens with zero attached hydrogens (tertiary/aromatic N) is 5. The van der Waals surface area contributed by atoms with Crippen molar-refractivity contribution in [1.29, 1.82) is 0 Å². The summed E-state index contributed by atoms with van der Waals surface area (Å²) in [6.07, 6.45) is 10.0. The van der Waals surface area contributed by atoms with Crippen molar-refractivity contribution in [3.05, 3.63) is 79.6 Å². The van der Waals surface area contributed by atoms with E-state index >= 15 is 0 Å². The average molecular weight is 311 g/mol. The fraction of sp³-hybridized carbons (Fsp3) is 0. The largest absolute Gasteiger partial charge is 0.261 e. The van der Waals surface area contributed by atoms with Crippen molar-refractivity contribution in [2.75, 3.05) is 0 Å². The Hall–Kier alpha value is -3.47. The maximum Gasteiger partial charge on any atom is 0.107 e. The van der Waals surface area contributed by atoms with Crippen LogP contribution in [0.3, 0.4) is 0 Å². The predicted molar refractivity (Wildman–Crippen MR) is 91.7 cm³/mol. The highest BCUT2D eigenvalue weighted by atomic mass is 14.8. The van der Waals surface area contributed by atoms with Gasteiger partial charge < -0.3 is 0 Å². The van der Waals surface area contributed by atoms with Crippen LogP contribution < -0.4 is 0 Å². The third-order valence-corrected chi connectivity index (χ3v) is 3.58. The lowest BCUT2D eigenvalue weighted by atomic mass is 10.0. The molecule has 4 rings (SSSR count). The molecule has 0 saturated heterocycles. The molecule has 0 amide bonds. The van der Waals surface area contributed by atoms with Crippen LogP contribution in [0.25, 0.3) is 33.9 Å². The molecule has 5 nitrogen and oxygen atoms in total. The normalized spacial score (nSPS) is 10.5. The summed E-state index contributed by atoms with van der Waals surface area (Å²) in [6, 6.07) is 14.2. The Bertz CT molecular complexity index is 801. The molecule has 0 N–H and O–H groups in total. The van der Waals surface area contributed by atoms with Gasteiger partial charge in [0.1, 0.15) is 11.4 Å². The zero-order valence-electron chi connectivity index (χ0n) is 12.7. The molecule has 0 aliphatic rings. The number of hydrogen-bond donors (Lipinski definition) is 0. The second-order valence-corrected chi connectivity index (χ2v) is 5.17. The van der Waals surface area contributed by atoms with E-state index < -0.39 is 0 Å². The highest BCUT2D eigenvalue weighted by Gasteiger charge is 2.10. The van der Waals surface area contributed by atoms with E-state index in [0.29, 0.717) is 0 Å². The van der Waals surface area contributed by atoms with Crippen LogP contribution in [-0.4, -0.2) is 24.9 Å². The van der Waals surface area contributed by atoms with Gasteiger partial charge >= 0.3 is 0 Å². The van der Waals surface area contributed by atoms with Gasteiger partial charge in [0, 0.05) is 24.8 Å². The lowest BCUT2D eigenvalue weighted by Crippen LogP contribution is -1.94. The lowest BCUT2D eigenvalue weighted by Gasteiger charge is -2.08. The lowest BCUT2D eigenvalue weighted by molar-refractivity contribution is 1.15. The molecular formula is C19H13N5. The summed E-state index contributed by atoms with van der Waals surface area (Å²) in [5.41, 5.74) is 5.11. The standard InChI is InChI=1S/C19H13N5/c1-2-4-14(5-3-1)15-10-16(18-12-20-6-8-22-18)24-17(11-15)19-13-21-7-9-23-19/h1-13H. The first-order valence-electron chi connectivity index (χ1n) is 7.50. The van der Waals surface area contributed by atoms with Crippen molar-refractivity contribution in [3.8, 4) is 33.9 Å². The van der Waals surface area contributed by atoms with Crippen molar-refractivity contribution >= 4 is 0 Å². The second kappa shape index (κ2) is 6.34. The highest BCUT2D eigenvalue weighted by molar-refractivity contribution is 5.74. The van der Waals surface area contributed by atoms with Crippen LogP contribution in [0.15, 0.2) is 79.6 Å². The minimum Gasteiger partial charge on any atom is -0.261 e. The molecule has 0 fully saturated rings. The minimum absolute atomic E-state index is 0.723. The predicted octanol–water partition coefficient (Wildman–Crippen LogP) is 3.66. The maximum atomic E-state index is 4.69. The summed E-state index contributed by atoms with van der Waals surface area (Å²) in [4.78, 5) is 21.7. The van der Waals surface area contributed by atoms with Gasteiger partial charge in [-0.1, -0.05) is 30.3 Å². The summed E-state index contributed by atoms with van der Waals surface area (Å²) in [7, 11) is 0. The highest BCUT2D eigenvalue weighted by Crippen LogP contribution is 2.28. The molecule has 0 radical (unpaired) electrons. The van der Waals surface area contributed by atoms with Crippen LogP contribution in [0.2, 0.25) is 0 Å². The molecule has 0 bridgehead atoms. The zero-order chi connectivity index (χ0) is 16.2. The van der Waals surface area contributed by atoms with E-state index in [-0.39, 0.29) is 0 Å². The summed E-state index contributed by atoms with van der Waals surface area (Å²) in [6.45, 7) is 0. The zero-order valence-corrected chi connectivity index (χ0v) is 12.7. The number of aromatic nitrogens is 5. The Morgan fingerprint density at radius 2 is 1.12 bits per heavy atom. The Morgan fingerprint density at radius 1 is 0.542 bits per heavy atom. The van der Waals surface area contributed by atoms with E-state index in [0.717, 1.165) is 33.9 Å². The molecular weight excluding hydrogens is 298 g/mol. The van der Waals surface area contributed by atoms with E-state index in [1.54, 1.807) is 37.2 Å². The van der Waals surface area contributed by atoms with E-state index in [2.05, 4.69) is 32.1 Å². The summed E-state index contributed by atoms with van der Waals surface area (Å²) >= 11 is 0. The van der Waals surface area contributed by atoms with Gasteiger partial charge in [-0.15, -0.1) is 0 Å². The van der Waals surface area contributed by atoms with Crippen molar-refractivity contribution in [2.45, 2.75) is 0 Å². The molecule has 3 heterocycles. The summed E-state index contributed by atoms with van der Waals surface area (Å²) < 4.78 is 0. The summed E-state index contributed by atoms with van der Waals surface area (Å²) in [5, 5.41) is 0. The monoisotopic (exact) mass is 311 g/mol. The van der Waals surface area contributed by atoms with Crippen molar-refractivity contribution in [2.24, 2.45) is 0 Å². The van der Waals surface area contributed by atoms with Crippen LogP contribution in [-0.2, 0) is 0 Å². The molecule has 1 aromatic carbocycles. The first kappa shape index (κ1) is 14.1. The number of rotatable bonds is 3. The Morgan fingerprint density at radius 3 is 1.62 bits per heavy atom. The Balaban J connectivity index is 1.92. The van der Waals surface area contributed by atoms with Gasteiger partial charge in [0.2, 0.25) is 0 Å². The number of pyridine rings is 1. The number of hydrogen-bond acceptors (Lipinski definition) is 5. The summed E-state index contributed by atoms with van der Waals surface area (Å²) in [5.74, 6) is 0.